The van der Waals surface area contributed by atoms with Crippen LogP contribution in [0.25, 0.3) is 16.5 Å². The molecule has 0 atom stereocenters. The molecule has 0 saturated heterocycles. The van der Waals surface area contributed by atoms with Crippen LogP contribution < -0.4 is 0 Å². The number of carboxylic acids is 1. The van der Waals surface area contributed by atoms with Gasteiger partial charge in [-0.05, 0) is 30.7 Å². The lowest BCUT2D eigenvalue weighted by Crippen LogP contribution is -2.07. The van der Waals surface area contributed by atoms with E-state index in [2.05, 4.69) is 0 Å². The molecule has 1 aromatic carbocycles. The van der Waals surface area contributed by atoms with Crippen molar-refractivity contribution < 1.29 is 14.7 Å². The van der Waals surface area contributed by atoms with Crippen LogP contribution in [0.15, 0.2) is 30.5 Å². The molecule has 0 bridgehead atoms. The van der Waals surface area contributed by atoms with Crippen LogP contribution in [-0.4, -0.2) is 33.9 Å². The maximum absolute atomic E-state index is 11.8. The minimum Gasteiger partial charge on any atom is -0.480 e. The maximum atomic E-state index is 11.8. The minimum absolute atomic E-state index is 0.154. The standard InChI is InChI=1S/C16H15N3O3/c1-10(20)14-8-19(9-16(21)22)15-3-2-11(6-13(14)15)12(7-18)4-5-17/h2-8,17-18H,9H2,1H3,(H,21,22). The lowest BCUT2D eigenvalue weighted by Gasteiger charge is -2.04. The molecule has 0 radical (unpaired) electrons. The van der Waals surface area contributed by atoms with Crippen molar-refractivity contribution in [2.45, 2.75) is 13.5 Å². The van der Waals surface area contributed by atoms with E-state index < -0.39 is 5.97 Å². The Balaban J connectivity index is 2.70. The summed E-state index contributed by atoms with van der Waals surface area (Å²) in [6, 6.07) is 5.21. The molecule has 0 unspecified atom stereocenters. The fourth-order valence-corrected chi connectivity index (χ4v) is 2.35. The van der Waals surface area contributed by atoms with E-state index in [-0.39, 0.29) is 12.3 Å². The molecule has 0 spiro atoms. The summed E-state index contributed by atoms with van der Waals surface area (Å²) >= 11 is 0. The number of carbonyl (C=O) groups excluding carboxylic acids is 1. The van der Waals surface area contributed by atoms with Crippen LogP contribution >= 0.6 is 0 Å². The second-order valence-corrected chi connectivity index (χ2v) is 4.79. The quantitative estimate of drug-likeness (QED) is 0.563. The third-order valence-corrected chi connectivity index (χ3v) is 3.32. The van der Waals surface area contributed by atoms with Crippen molar-refractivity contribution >= 4 is 40.7 Å². The van der Waals surface area contributed by atoms with Crippen molar-refractivity contribution in [2.24, 2.45) is 0 Å². The number of Topliss-reactive ketones (excluding diaryl/α,β-unsaturated/α-hetero) is 1. The summed E-state index contributed by atoms with van der Waals surface area (Å²) in [6.45, 7) is 1.20. The lowest BCUT2D eigenvalue weighted by molar-refractivity contribution is -0.137. The zero-order valence-corrected chi connectivity index (χ0v) is 12.0. The summed E-state index contributed by atoms with van der Waals surface area (Å²) in [7, 11) is 0. The lowest BCUT2D eigenvalue weighted by atomic mass is 10.0. The summed E-state index contributed by atoms with van der Waals surface area (Å²) in [5.41, 5.74) is 2.33. The average molecular weight is 297 g/mol. The van der Waals surface area contributed by atoms with Gasteiger partial charge in [-0.1, -0.05) is 6.07 Å². The second kappa shape index (κ2) is 6.17. The van der Waals surface area contributed by atoms with Crippen molar-refractivity contribution in [3.63, 3.8) is 0 Å². The highest BCUT2D eigenvalue weighted by atomic mass is 16.4. The number of carboxylic acid groups (broad SMARTS) is 1. The van der Waals surface area contributed by atoms with Crippen LogP contribution in [0.2, 0.25) is 0 Å². The predicted octanol–water partition coefficient (Wildman–Crippen LogP) is 2.61. The third-order valence-electron chi connectivity index (χ3n) is 3.32. The van der Waals surface area contributed by atoms with Gasteiger partial charge in [-0.15, -0.1) is 0 Å². The second-order valence-electron chi connectivity index (χ2n) is 4.79. The van der Waals surface area contributed by atoms with Crippen LogP contribution in [0, 0.1) is 10.8 Å². The first-order valence-electron chi connectivity index (χ1n) is 6.55. The summed E-state index contributed by atoms with van der Waals surface area (Å²) < 4.78 is 1.52. The van der Waals surface area contributed by atoms with Gasteiger partial charge in [-0.25, -0.2) is 0 Å². The van der Waals surface area contributed by atoms with Gasteiger partial charge in [0.25, 0.3) is 0 Å². The first kappa shape index (κ1) is 15.4. The molecule has 112 valence electrons. The Hall–Kier alpha value is -3.02. The van der Waals surface area contributed by atoms with Crippen LogP contribution in [0.5, 0.6) is 0 Å². The highest BCUT2D eigenvalue weighted by Gasteiger charge is 2.14. The first-order valence-corrected chi connectivity index (χ1v) is 6.55. The van der Waals surface area contributed by atoms with E-state index in [0.29, 0.717) is 27.6 Å². The number of aliphatic carboxylic acids is 1. The van der Waals surface area contributed by atoms with Gasteiger partial charge >= 0.3 is 5.97 Å². The molecular formula is C16H15N3O3. The van der Waals surface area contributed by atoms with Crippen LogP contribution in [0.4, 0.5) is 0 Å². The van der Waals surface area contributed by atoms with Gasteiger partial charge in [0, 0.05) is 40.7 Å². The zero-order chi connectivity index (χ0) is 16.3. The monoisotopic (exact) mass is 297 g/mol. The Labute approximate surface area is 126 Å². The molecule has 22 heavy (non-hydrogen) atoms. The van der Waals surface area contributed by atoms with Crippen LogP contribution in [-0.2, 0) is 11.3 Å². The maximum Gasteiger partial charge on any atom is 0.323 e. The van der Waals surface area contributed by atoms with Gasteiger partial charge in [0.05, 0.1) is 0 Å². The molecule has 3 N–H and O–H groups in total. The molecule has 6 nitrogen and oxygen atoms in total. The number of benzene rings is 1. The van der Waals surface area contributed by atoms with Crippen LogP contribution in [0.3, 0.4) is 0 Å². The number of nitrogens with zero attached hydrogens (tertiary/aromatic N) is 1. The van der Waals surface area contributed by atoms with Gasteiger partial charge in [0.15, 0.2) is 5.78 Å². The number of rotatable bonds is 6. The minimum atomic E-state index is -0.986. The van der Waals surface area contributed by atoms with Gasteiger partial charge in [-0.3, -0.25) is 9.59 Å². The topological polar surface area (TPSA) is 107 Å². The van der Waals surface area contributed by atoms with Crippen molar-refractivity contribution in [3.05, 3.63) is 41.6 Å². The molecule has 0 fully saturated rings. The van der Waals surface area contributed by atoms with Crippen molar-refractivity contribution in [1.82, 2.24) is 4.57 Å². The molecule has 1 heterocycles. The molecule has 1 aromatic heterocycles. The van der Waals surface area contributed by atoms with E-state index in [1.54, 1.807) is 18.2 Å². The van der Waals surface area contributed by atoms with E-state index in [4.69, 9.17) is 15.9 Å². The molecule has 2 aromatic rings. The molecule has 0 aliphatic rings. The van der Waals surface area contributed by atoms with Gasteiger partial charge in [-0.2, -0.15) is 0 Å². The Morgan fingerprint density at radius 1 is 1.32 bits per heavy atom. The number of carbonyl (C=O) groups is 2. The highest BCUT2D eigenvalue weighted by Crippen LogP contribution is 2.26. The average Bonchev–Trinajstić information content (AvgIpc) is 2.82. The smallest absolute Gasteiger partial charge is 0.323 e. The van der Waals surface area contributed by atoms with Crippen molar-refractivity contribution in [1.29, 1.82) is 10.8 Å². The van der Waals surface area contributed by atoms with E-state index in [1.165, 1.54) is 23.8 Å². The van der Waals surface area contributed by atoms with Crippen molar-refractivity contribution in [3.8, 4) is 0 Å². The molecule has 0 amide bonds. The van der Waals surface area contributed by atoms with Crippen molar-refractivity contribution in [2.75, 3.05) is 0 Å². The van der Waals surface area contributed by atoms with E-state index in [9.17, 15) is 9.59 Å². The van der Waals surface area contributed by atoms with Gasteiger partial charge in [0.2, 0.25) is 0 Å². The third kappa shape index (κ3) is 2.85. The molecule has 0 aliphatic heterocycles. The SMILES string of the molecule is CC(=O)c1cn(CC(=O)O)c2ccc(C(C=N)=CC=N)cc12. The fraction of sp³-hybridized carbons (Fsp3) is 0.125. The molecule has 0 saturated carbocycles. The Kier molecular flexibility index (Phi) is 4.31. The van der Waals surface area contributed by atoms with E-state index in [0.717, 1.165) is 12.4 Å². The largest absolute Gasteiger partial charge is 0.480 e. The number of hydrogen-bond donors (Lipinski definition) is 3. The number of fused-ring (bicyclic) bond motifs is 1. The summed E-state index contributed by atoms with van der Waals surface area (Å²) in [5.74, 6) is -1.14. The Bertz CT molecular complexity index is 815. The van der Waals surface area contributed by atoms with Crippen LogP contribution in [0.1, 0.15) is 22.8 Å². The van der Waals surface area contributed by atoms with E-state index in [1.807, 2.05) is 0 Å². The highest BCUT2D eigenvalue weighted by molar-refractivity contribution is 6.14. The predicted molar refractivity (Wildman–Crippen MR) is 85.1 cm³/mol. The first-order chi connectivity index (χ1) is 10.5. The molecule has 0 aliphatic carbocycles. The van der Waals surface area contributed by atoms with E-state index >= 15 is 0 Å². The number of nitrogens with one attached hydrogen (secondary N) is 2. The number of allylic oxidation sites excluding steroid dienone is 2. The summed E-state index contributed by atoms with van der Waals surface area (Å²) in [6.07, 6.45) is 5.24. The molecule has 2 rings (SSSR count). The molecule has 6 heteroatoms. The normalized spacial score (nSPS) is 11.4. The fourth-order valence-electron chi connectivity index (χ4n) is 2.35. The summed E-state index contributed by atoms with van der Waals surface area (Å²) in [4.78, 5) is 22.7. The van der Waals surface area contributed by atoms with Gasteiger partial charge in [0.1, 0.15) is 6.54 Å². The number of aromatic nitrogens is 1. The zero-order valence-electron chi connectivity index (χ0n) is 12.0. The molecular weight excluding hydrogens is 282 g/mol. The number of ketones is 1. The Morgan fingerprint density at radius 3 is 2.59 bits per heavy atom. The number of hydrogen-bond acceptors (Lipinski definition) is 4. The Morgan fingerprint density at radius 2 is 2.05 bits per heavy atom. The van der Waals surface area contributed by atoms with Gasteiger partial charge < -0.3 is 20.5 Å². The summed E-state index contributed by atoms with van der Waals surface area (Å²) in [5, 5.41) is 24.1.